The highest BCUT2D eigenvalue weighted by molar-refractivity contribution is 7.17. The van der Waals surface area contributed by atoms with Gasteiger partial charge in [-0.2, -0.15) is 0 Å². The van der Waals surface area contributed by atoms with Crippen LogP contribution in [-0.2, 0) is 0 Å². The summed E-state index contributed by atoms with van der Waals surface area (Å²) in [5.41, 5.74) is 1.04. The molecule has 12 heavy (non-hydrogen) atoms. The van der Waals surface area contributed by atoms with Gasteiger partial charge in [0.1, 0.15) is 0 Å². The van der Waals surface area contributed by atoms with Gasteiger partial charge in [-0.05, 0) is 29.3 Å². The summed E-state index contributed by atoms with van der Waals surface area (Å²) < 4.78 is 1.24. The van der Waals surface area contributed by atoms with Crippen LogP contribution in [0.5, 0.6) is 0 Å². The summed E-state index contributed by atoms with van der Waals surface area (Å²) in [6, 6.07) is 8.14. The van der Waals surface area contributed by atoms with Crippen molar-refractivity contribution in [2.45, 2.75) is 13.0 Å². The first kappa shape index (κ1) is 7.77. The molecule has 0 unspecified atom stereocenters. The van der Waals surface area contributed by atoms with Crippen LogP contribution in [0.4, 0.5) is 0 Å². The topological polar surface area (TPSA) is 20.2 Å². The molecular formula is C10H10OS. The van der Waals surface area contributed by atoms with Crippen LogP contribution in [0.2, 0.25) is 0 Å². The Morgan fingerprint density at radius 2 is 2.08 bits per heavy atom. The lowest BCUT2D eigenvalue weighted by atomic mass is 10.1. The molecule has 0 amide bonds. The molecule has 2 rings (SSSR count). The molecule has 1 N–H and O–H groups in total. The molecule has 0 spiro atoms. The molecule has 0 aliphatic carbocycles. The summed E-state index contributed by atoms with van der Waals surface area (Å²) >= 11 is 1.68. The smallest absolute Gasteiger partial charge is 0.0776 e. The Labute approximate surface area is 75.3 Å². The van der Waals surface area contributed by atoms with Gasteiger partial charge in [-0.15, -0.1) is 11.3 Å². The SMILES string of the molecule is C[C@H](O)c1csc2ccccc12. The lowest BCUT2D eigenvalue weighted by molar-refractivity contribution is 0.201. The molecule has 2 aromatic rings. The number of hydrogen-bond acceptors (Lipinski definition) is 2. The van der Waals surface area contributed by atoms with Crippen molar-refractivity contribution in [3.05, 3.63) is 35.2 Å². The van der Waals surface area contributed by atoms with E-state index in [0.717, 1.165) is 5.56 Å². The zero-order chi connectivity index (χ0) is 8.55. The lowest BCUT2D eigenvalue weighted by Crippen LogP contribution is -1.87. The molecule has 2 heteroatoms. The van der Waals surface area contributed by atoms with E-state index in [-0.39, 0.29) is 6.10 Å². The van der Waals surface area contributed by atoms with E-state index in [1.807, 2.05) is 23.6 Å². The predicted octanol–water partition coefficient (Wildman–Crippen LogP) is 2.95. The van der Waals surface area contributed by atoms with Crippen LogP contribution in [0.15, 0.2) is 29.6 Å². The van der Waals surface area contributed by atoms with Gasteiger partial charge in [0.05, 0.1) is 6.10 Å². The maximum absolute atomic E-state index is 9.42. The van der Waals surface area contributed by atoms with Gasteiger partial charge in [-0.1, -0.05) is 18.2 Å². The molecule has 62 valence electrons. The van der Waals surface area contributed by atoms with Crippen molar-refractivity contribution in [1.29, 1.82) is 0 Å². The summed E-state index contributed by atoms with van der Waals surface area (Å²) in [5, 5.41) is 12.6. The Morgan fingerprint density at radius 1 is 1.33 bits per heavy atom. The fourth-order valence-electron chi connectivity index (χ4n) is 1.32. The molecule has 1 nitrogen and oxygen atoms in total. The second-order valence-electron chi connectivity index (χ2n) is 2.86. The molecule has 1 aromatic carbocycles. The average Bonchev–Trinajstić information content (AvgIpc) is 2.47. The van der Waals surface area contributed by atoms with E-state index in [1.165, 1.54) is 10.1 Å². The van der Waals surface area contributed by atoms with Crippen molar-refractivity contribution >= 4 is 21.4 Å². The molecule has 1 heterocycles. The van der Waals surface area contributed by atoms with Gasteiger partial charge in [0.25, 0.3) is 0 Å². The molecule has 1 aromatic heterocycles. The number of benzene rings is 1. The summed E-state index contributed by atoms with van der Waals surface area (Å²) in [4.78, 5) is 0. The van der Waals surface area contributed by atoms with Gasteiger partial charge in [0.2, 0.25) is 0 Å². The number of hydrogen-bond donors (Lipinski definition) is 1. The number of fused-ring (bicyclic) bond motifs is 1. The Hall–Kier alpha value is -0.860. The van der Waals surface area contributed by atoms with Crippen molar-refractivity contribution in [1.82, 2.24) is 0 Å². The van der Waals surface area contributed by atoms with Gasteiger partial charge in [-0.25, -0.2) is 0 Å². The Kier molecular flexibility index (Phi) is 1.87. The second kappa shape index (κ2) is 2.88. The summed E-state index contributed by atoms with van der Waals surface area (Å²) in [7, 11) is 0. The van der Waals surface area contributed by atoms with Crippen molar-refractivity contribution in [3.8, 4) is 0 Å². The van der Waals surface area contributed by atoms with Crippen LogP contribution in [0.1, 0.15) is 18.6 Å². The van der Waals surface area contributed by atoms with Crippen LogP contribution >= 0.6 is 11.3 Å². The molecule has 0 saturated carbocycles. The molecule has 0 aliphatic rings. The van der Waals surface area contributed by atoms with Crippen LogP contribution < -0.4 is 0 Å². The molecule has 0 radical (unpaired) electrons. The van der Waals surface area contributed by atoms with Crippen LogP contribution in [-0.4, -0.2) is 5.11 Å². The van der Waals surface area contributed by atoms with E-state index in [2.05, 4.69) is 6.07 Å². The predicted molar refractivity (Wildman–Crippen MR) is 52.5 cm³/mol. The summed E-state index contributed by atoms with van der Waals surface area (Å²) in [6.45, 7) is 1.80. The highest BCUT2D eigenvalue weighted by Gasteiger charge is 2.06. The monoisotopic (exact) mass is 178 g/mol. The Morgan fingerprint density at radius 3 is 2.83 bits per heavy atom. The minimum atomic E-state index is -0.360. The molecule has 0 aliphatic heterocycles. The summed E-state index contributed by atoms with van der Waals surface area (Å²) in [6.07, 6.45) is -0.360. The average molecular weight is 178 g/mol. The van der Waals surface area contributed by atoms with Gasteiger partial charge in [0.15, 0.2) is 0 Å². The number of aliphatic hydroxyl groups excluding tert-OH is 1. The van der Waals surface area contributed by atoms with E-state index in [0.29, 0.717) is 0 Å². The van der Waals surface area contributed by atoms with Crippen molar-refractivity contribution < 1.29 is 5.11 Å². The maximum Gasteiger partial charge on any atom is 0.0776 e. The maximum atomic E-state index is 9.42. The minimum Gasteiger partial charge on any atom is -0.389 e. The van der Waals surface area contributed by atoms with E-state index in [9.17, 15) is 5.11 Å². The first-order chi connectivity index (χ1) is 5.79. The van der Waals surface area contributed by atoms with Crippen LogP contribution in [0.25, 0.3) is 10.1 Å². The fraction of sp³-hybridized carbons (Fsp3) is 0.200. The highest BCUT2D eigenvalue weighted by Crippen LogP contribution is 2.29. The molecule has 0 saturated heterocycles. The van der Waals surface area contributed by atoms with Gasteiger partial charge in [-0.3, -0.25) is 0 Å². The lowest BCUT2D eigenvalue weighted by Gasteiger charge is -2.00. The van der Waals surface area contributed by atoms with Crippen molar-refractivity contribution in [2.24, 2.45) is 0 Å². The first-order valence-corrected chi connectivity index (χ1v) is 4.81. The Bertz CT molecular complexity index is 389. The quantitative estimate of drug-likeness (QED) is 0.711. The van der Waals surface area contributed by atoms with E-state index >= 15 is 0 Å². The molecule has 0 bridgehead atoms. The van der Waals surface area contributed by atoms with Gasteiger partial charge < -0.3 is 5.11 Å². The first-order valence-electron chi connectivity index (χ1n) is 3.93. The normalized spacial score (nSPS) is 13.5. The fourth-order valence-corrected chi connectivity index (χ4v) is 2.37. The number of rotatable bonds is 1. The Balaban J connectivity index is 2.70. The minimum absolute atomic E-state index is 0.360. The zero-order valence-electron chi connectivity index (χ0n) is 6.82. The van der Waals surface area contributed by atoms with Crippen molar-refractivity contribution in [2.75, 3.05) is 0 Å². The van der Waals surface area contributed by atoms with Gasteiger partial charge >= 0.3 is 0 Å². The van der Waals surface area contributed by atoms with Crippen LogP contribution in [0.3, 0.4) is 0 Å². The zero-order valence-corrected chi connectivity index (χ0v) is 7.64. The standard InChI is InChI=1S/C10H10OS/c1-7(11)9-6-12-10-5-3-2-4-8(9)10/h2-7,11H,1H3/t7-/m0/s1. The van der Waals surface area contributed by atoms with Crippen molar-refractivity contribution in [3.63, 3.8) is 0 Å². The third-order valence-electron chi connectivity index (χ3n) is 1.96. The second-order valence-corrected chi connectivity index (χ2v) is 3.77. The van der Waals surface area contributed by atoms with E-state index in [1.54, 1.807) is 18.3 Å². The van der Waals surface area contributed by atoms with E-state index in [4.69, 9.17) is 0 Å². The highest BCUT2D eigenvalue weighted by atomic mass is 32.1. The third-order valence-corrected chi connectivity index (χ3v) is 2.94. The van der Waals surface area contributed by atoms with Gasteiger partial charge in [0, 0.05) is 4.70 Å². The van der Waals surface area contributed by atoms with Crippen LogP contribution in [0, 0.1) is 0 Å². The third kappa shape index (κ3) is 1.13. The molecule has 0 fully saturated rings. The number of aliphatic hydroxyl groups is 1. The largest absolute Gasteiger partial charge is 0.389 e. The molecule has 1 atom stereocenters. The van der Waals surface area contributed by atoms with E-state index < -0.39 is 0 Å². The molecular weight excluding hydrogens is 168 g/mol. The number of thiophene rings is 1. The summed E-state index contributed by atoms with van der Waals surface area (Å²) in [5.74, 6) is 0.